The number of hydrogen-bond acceptors (Lipinski definition) is 6. The molecule has 3 rings (SSSR count). The first kappa shape index (κ1) is 22.5. The minimum atomic E-state index is -4.55. The van der Waals surface area contributed by atoms with Crippen LogP contribution in [0.4, 0.5) is 18.9 Å². The lowest BCUT2D eigenvalue weighted by Crippen LogP contribution is -2.19. The number of aromatic nitrogens is 4. The summed E-state index contributed by atoms with van der Waals surface area (Å²) in [6, 6.07) is 2.69. The lowest BCUT2D eigenvalue weighted by Gasteiger charge is -2.13. The van der Waals surface area contributed by atoms with Crippen LogP contribution in [0.2, 0.25) is 0 Å². The van der Waals surface area contributed by atoms with Crippen molar-refractivity contribution in [2.45, 2.75) is 18.0 Å². The van der Waals surface area contributed by atoms with Gasteiger partial charge in [-0.05, 0) is 17.9 Å². The van der Waals surface area contributed by atoms with Crippen LogP contribution in [-0.2, 0) is 23.1 Å². The smallest absolute Gasteiger partial charge is 0.325 e. The van der Waals surface area contributed by atoms with Gasteiger partial charge in [-0.2, -0.15) is 17.5 Å². The molecule has 3 aromatic heterocycles. The van der Waals surface area contributed by atoms with Crippen molar-refractivity contribution in [3.8, 4) is 11.5 Å². The first-order valence-electron chi connectivity index (χ1n) is 8.86. The molecule has 0 aliphatic rings. The van der Waals surface area contributed by atoms with Crippen LogP contribution < -0.4 is 0 Å². The van der Waals surface area contributed by atoms with Gasteiger partial charge in [0.15, 0.2) is 5.82 Å². The fraction of sp³-hybridized carbons (Fsp3) is 0.389. The standard InChI is InChI=1S/C18H21F3N6OS2/c1-6-29-14-7-11(25-30(5,28)26(2)3)9-23-16(14)17-24-12-8-15(18(19,20)21)22-10-13(12)27(17)4/h7-10H,6H2,1-5H3. The third-order valence-corrected chi connectivity index (χ3v) is 7.18. The summed E-state index contributed by atoms with van der Waals surface area (Å²) < 4.78 is 59.0. The van der Waals surface area contributed by atoms with Crippen molar-refractivity contribution in [2.24, 2.45) is 11.4 Å². The van der Waals surface area contributed by atoms with E-state index >= 15 is 0 Å². The normalized spacial score (nSPS) is 14.3. The highest BCUT2D eigenvalue weighted by Gasteiger charge is 2.33. The van der Waals surface area contributed by atoms with Gasteiger partial charge < -0.3 is 4.57 Å². The average molecular weight is 459 g/mol. The number of rotatable bonds is 5. The average Bonchev–Trinajstić information content (AvgIpc) is 2.97. The summed E-state index contributed by atoms with van der Waals surface area (Å²) in [6.45, 7) is 1.97. The molecule has 0 fully saturated rings. The SMILES string of the molecule is CCSc1cc(N=S(C)(=O)N(C)C)cnc1-c1nc2cc(C(F)(F)F)ncc2n1C. The van der Waals surface area contributed by atoms with Crippen molar-refractivity contribution in [3.63, 3.8) is 0 Å². The fourth-order valence-electron chi connectivity index (χ4n) is 2.65. The number of imidazole rings is 1. The largest absolute Gasteiger partial charge is 0.433 e. The summed E-state index contributed by atoms with van der Waals surface area (Å²) in [5.74, 6) is 1.15. The lowest BCUT2D eigenvalue weighted by atomic mass is 10.3. The van der Waals surface area contributed by atoms with E-state index in [1.807, 2.05) is 6.92 Å². The van der Waals surface area contributed by atoms with Gasteiger partial charge in [-0.1, -0.05) is 6.92 Å². The topological polar surface area (TPSA) is 76.3 Å². The lowest BCUT2D eigenvalue weighted by molar-refractivity contribution is -0.141. The summed E-state index contributed by atoms with van der Waals surface area (Å²) in [7, 11) is 2.47. The zero-order chi connectivity index (χ0) is 22.3. The number of halogens is 3. The molecule has 1 atom stereocenters. The van der Waals surface area contributed by atoms with Crippen LogP contribution in [-0.4, -0.2) is 54.1 Å². The van der Waals surface area contributed by atoms with Crippen LogP contribution in [0.3, 0.4) is 0 Å². The van der Waals surface area contributed by atoms with Crippen molar-refractivity contribution < 1.29 is 17.4 Å². The molecule has 30 heavy (non-hydrogen) atoms. The molecular weight excluding hydrogens is 437 g/mol. The molecule has 0 radical (unpaired) electrons. The second kappa shape index (κ2) is 8.16. The summed E-state index contributed by atoms with van der Waals surface area (Å²) >= 11 is 1.49. The van der Waals surface area contributed by atoms with Gasteiger partial charge in [0.05, 0.1) is 29.1 Å². The molecule has 0 bridgehead atoms. The Balaban J connectivity index is 2.16. The Morgan fingerprint density at radius 2 is 1.93 bits per heavy atom. The van der Waals surface area contributed by atoms with E-state index in [2.05, 4.69) is 19.3 Å². The predicted molar refractivity (Wildman–Crippen MR) is 113 cm³/mol. The summed E-state index contributed by atoms with van der Waals surface area (Å²) in [4.78, 5) is 13.1. The third-order valence-electron chi connectivity index (χ3n) is 4.36. The maximum absolute atomic E-state index is 13.0. The highest BCUT2D eigenvalue weighted by molar-refractivity contribution is 7.99. The molecular formula is C18H21F3N6OS2. The van der Waals surface area contributed by atoms with E-state index in [0.717, 1.165) is 22.9 Å². The quantitative estimate of drug-likeness (QED) is 0.531. The Labute approximate surface area is 177 Å². The molecule has 12 heteroatoms. The minimum Gasteiger partial charge on any atom is -0.325 e. The van der Waals surface area contributed by atoms with Gasteiger partial charge in [0.25, 0.3) is 0 Å². The molecule has 0 N–H and O–H groups in total. The van der Waals surface area contributed by atoms with Crippen molar-refractivity contribution in [2.75, 3.05) is 26.1 Å². The second-order valence-electron chi connectivity index (χ2n) is 6.69. The molecule has 0 aliphatic carbocycles. The first-order chi connectivity index (χ1) is 13.9. The monoisotopic (exact) mass is 458 g/mol. The van der Waals surface area contributed by atoms with E-state index in [-0.39, 0.29) is 5.52 Å². The summed E-state index contributed by atoms with van der Waals surface area (Å²) in [5, 5.41) is 0. The maximum Gasteiger partial charge on any atom is 0.433 e. The van der Waals surface area contributed by atoms with E-state index in [1.165, 1.54) is 28.5 Å². The first-order valence-corrected chi connectivity index (χ1v) is 11.7. The van der Waals surface area contributed by atoms with Crippen molar-refractivity contribution >= 4 is 38.4 Å². The van der Waals surface area contributed by atoms with Gasteiger partial charge in [-0.15, -0.1) is 11.8 Å². The van der Waals surface area contributed by atoms with Gasteiger partial charge in [0, 0.05) is 32.3 Å². The van der Waals surface area contributed by atoms with Crippen LogP contribution in [0.5, 0.6) is 0 Å². The molecule has 0 amide bonds. The van der Waals surface area contributed by atoms with Gasteiger partial charge in [-0.3, -0.25) is 0 Å². The Hall–Kier alpha value is -2.18. The number of alkyl halides is 3. The predicted octanol–water partition coefficient (Wildman–Crippen LogP) is 4.37. The summed E-state index contributed by atoms with van der Waals surface area (Å²) in [5.41, 5.74) is 0.620. The van der Waals surface area contributed by atoms with E-state index < -0.39 is 21.8 Å². The van der Waals surface area contributed by atoms with Crippen molar-refractivity contribution in [3.05, 3.63) is 30.2 Å². The third kappa shape index (κ3) is 4.44. The van der Waals surface area contributed by atoms with E-state index in [4.69, 9.17) is 0 Å². The van der Waals surface area contributed by atoms with Gasteiger partial charge >= 0.3 is 6.18 Å². The maximum atomic E-state index is 13.0. The Kier molecular flexibility index (Phi) is 6.12. The molecule has 0 saturated carbocycles. The van der Waals surface area contributed by atoms with Crippen molar-refractivity contribution in [1.29, 1.82) is 0 Å². The molecule has 162 valence electrons. The van der Waals surface area contributed by atoms with E-state index in [0.29, 0.717) is 22.7 Å². The van der Waals surface area contributed by atoms with Gasteiger partial charge in [0.2, 0.25) is 0 Å². The summed E-state index contributed by atoms with van der Waals surface area (Å²) in [6.07, 6.45) is -0.366. The van der Waals surface area contributed by atoms with Crippen LogP contribution in [0, 0.1) is 0 Å². The van der Waals surface area contributed by atoms with Gasteiger partial charge in [-0.25, -0.2) is 23.5 Å². The molecule has 3 heterocycles. The van der Waals surface area contributed by atoms with E-state index in [9.17, 15) is 17.4 Å². The van der Waals surface area contributed by atoms with E-state index in [1.54, 1.807) is 31.8 Å². The molecule has 0 saturated heterocycles. The minimum absolute atomic E-state index is 0.182. The number of aryl methyl sites for hydroxylation is 1. The second-order valence-corrected chi connectivity index (χ2v) is 10.4. The number of nitrogens with zero attached hydrogens (tertiary/aromatic N) is 6. The van der Waals surface area contributed by atoms with Crippen LogP contribution in [0.15, 0.2) is 33.8 Å². The van der Waals surface area contributed by atoms with Gasteiger partial charge in [0.1, 0.15) is 21.3 Å². The number of hydrogen-bond donors (Lipinski definition) is 0. The Bertz CT molecular complexity index is 1210. The number of pyridine rings is 2. The molecule has 7 nitrogen and oxygen atoms in total. The zero-order valence-corrected chi connectivity index (χ0v) is 18.7. The van der Waals surface area contributed by atoms with Crippen LogP contribution in [0.25, 0.3) is 22.6 Å². The molecule has 1 unspecified atom stereocenters. The number of fused-ring (bicyclic) bond motifs is 1. The Morgan fingerprint density at radius 3 is 2.53 bits per heavy atom. The molecule has 0 aliphatic heterocycles. The molecule has 0 spiro atoms. The number of thioether (sulfide) groups is 1. The van der Waals surface area contributed by atoms with Crippen LogP contribution in [0.1, 0.15) is 12.6 Å². The van der Waals surface area contributed by atoms with Crippen LogP contribution >= 0.6 is 11.8 Å². The van der Waals surface area contributed by atoms with Crippen molar-refractivity contribution in [1.82, 2.24) is 23.8 Å². The fourth-order valence-corrected chi connectivity index (χ4v) is 4.10. The highest BCUT2D eigenvalue weighted by Crippen LogP contribution is 2.35. The molecule has 3 aromatic rings. The Morgan fingerprint density at radius 1 is 1.23 bits per heavy atom. The zero-order valence-electron chi connectivity index (χ0n) is 17.1. The highest BCUT2D eigenvalue weighted by atomic mass is 32.2. The molecule has 0 aromatic carbocycles.